The number of benzene rings is 1. The molecular weight excluding hydrogens is 291 g/mol. The van der Waals surface area contributed by atoms with Gasteiger partial charge in [-0.1, -0.05) is 6.07 Å². The zero-order chi connectivity index (χ0) is 14.7. The summed E-state index contributed by atoms with van der Waals surface area (Å²) in [6, 6.07) is 5.07. The smallest absolute Gasteiger partial charge is 0.329 e. The molecule has 0 aliphatic carbocycles. The van der Waals surface area contributed by atoms with Crippen molar-refractivity contribution in [2.24, 2.45) is 5.73 Å². The SMILES string of the molecule is Cc1cc(CSC(C)(C)CN)cc(SC(F)(F)F)c1. The van der Waals surface area contributed by atoms with Gasteiger partial charge in [0, 0.05) is 21.9 Å². The molecular formula is C13H18F3NS2. The lowest BCUT2D eigenvalue weighted by molar-refractivity contribution is -0.0328. The largest absolute Gasteiger partial charge is 0.446 e. The summed E-state index contributed by atoms with van der Waals surface area (Å²) in [5.41, 5.74) is 3.14. The Balaban J connectivity index is 2.80. The monoisotopic (exact) mass is 309 g/mol. The lowest BCUT2D eigenvalue weighted by Crippen LogP contribution is -2.26. The van der Waals surface area contributed by atoms with Gasteiger partial charge in [-0.15, -0.1) is 11.8 Å². The van der Waals surface area contributed by atoms with Gasteiger partial charge in [-0.05, 0) is 55.8 Å². The van der Waals surface area contributed by atoms with Gasteiger partial charge in [-0.3, -0.25) is 0 Å². The molecule has 0 saturated heterocycles. The molecule has 1 aromatic carbocycles. The summed E-state index contributed by atoms with van der Waals surface area (Å²) in [5.74, 6) is 0.664. The fourth-order valence-corrected chi connectivity index (χ4v) is 3.00. The average Bonchev–Trinajstić information content (AvgIpc) is 2.23. The molecule has 0 heterocycles. The van der Waals surface area contributed by atoms with Crippen LogP contribution in [0.5, 0.6) is 0 Å². The minimum Gasteiger partial charge on any atom is -0.329 e. The summed E-state index contributed by atoms with van der Waals surface area (Å²) in [4.78, 5) is 0.244. The topological polar surface area (TPSA) is 26.0 Å². The van der Waals surface area contributed by atoms with Crippen LogP contribution in [0.2, 0.25) is 0 Å². The Kier molecular flexibility index (Phi) is 5.65. The van der Waals surface area contributed by atoms with E-state index in [0.717, 1.165) is 11.1 Å². The van der Waals surface area contributed by atoms with Crippen molar-refractivity contribution in [1.29, 1.82) is 0 Å². The molecule has 2 N–H and O–H groups in total. The van der Waals surface area contributed by atoms with Crippen LogP contribution >= 0.6 is 23.5 Å². The number of nitrogens with two attached hydrogens (primary N) is 1. The van der Waals surface area contributed by atoms with Crippen molar-refractivity contribution in [3.8, 4) is 0 Å². The maximum absolute atomic E-state index is 12.4. The molecule has 0 bridgehead atoms. The Morgan fingerprint density at radius 1 is 1.16 bits per heavy atom. The maximum atomic E-state index is 12.4. The number of rotatable bonds is 5. The molecule has 0 aliphatic rings. The highest BCUT2D eigenvalue weighted by Gasteiger charge is 2.29. The van der Waals surface area contributed by atoms with Gasteiger partial charge in [0.25, 0.3) is 0 Å². The summed E-state index contributed by atoms with van der Waals surface area (Å²) < 4.78 is 37.1. The van der Waals surface area contributed by atoms with Crippen LogP contribution in [-0.2, 0) is 5.75 Å². The van der Waals surface area contributed by atoms with E-state index in [9.17, 15) is 13.2 Å². The third-order valence-corrected chi connectivity index (χ3v) is 4.59. The van der Waals surface area contributed by atoms with E-state index in [1.807, 2.05) is 26.8 Å². The molecule has 6 heteroatoms. The number of aryl methyl sites for hydroxylation is 1. The van der Waals surface area contributed by atoms with Crippen molar-refractivity contribution in [3.63, 3.8) is 0 Å². The Morgan fingerprint density at radius 2 is 1.79 bits per heavy atom. The van der Waals surface area contributed by atoms with Crippen molar-refractivity contribution in [3.05, 3.63) is 29.3 Å². The normalized spacial score (nSPS) is 12.8. The Labute approximate surface area is 120 Å². The quantitative estimate of drug-likeness (QED) is 0.806. The van der Waals surface area contributed by atoms with Gasteiger partial charge >= 0.3 is 5.51 Å². The number of thioether (sulfide) groups is 2. The molecule has 19 heavy (non-hydrogen) atoms. The van der Waals surface area contributed by atoms with Crippen LogP contribution < -0.4 is 5.73 Å². The maximum Gasteiger partial charge on any atom is 0.446 e. The molecule has 1 rings (SSSR count). The molecule has 108 valence electrons. The molecule has 0 aromatic heterocycles. The van der Waals surface area contributed by atoms with E-state index in [2.05, 4.69) is 0 Å². The van der Waals surface area contributed by atoms with Crippen molar-refractivity contribution in [2.75, 3.05) is 6.54 Å². The predicted octanol–water partition coefficient (Wildman–Crippen LogP) is 4.58. The van der Waals surface area contributed by atoms with E-state index >= 15 is 0 Å². The highest BCUT2D eigenvalue weighted by molar-refractivity contribution is 8.00. The molecule has 0 atom stereocenters. The lowest BCUT2D eigenvalue weighted by Gasteiger charge is -2.21. The molecule has 0 radical (unpaired) electrons. The Morgan fingerprint density at radius 3 is 2.32 bits per heavy atom. The summed E-state index contributed by atoms with van der Waals surface area (Å²) in [6.07, 6.45) is 0. The predicted molar refractivity (Wildman–Crippen MR) is 77.5 cm³/mol. The van der Waals surface area contributed by atoms with Crippen LogP contribution in [0.25, 0.3) is 0 Å². The zero-order valence-corrected chi connectivity index (χ0v) is 12.8. The minimum absolute atomic E-state index is 0.0658. The van der Waals surface area contributed by atoms with Crippen LogP contribution in [0.3, 0.4) is 0 Å². The van der Waals surface area contributed by atoms with Gasteiger partial charge in [0.1, 0.15) is 0 Å². The number of hydrogen-bond donors (Lipinski definition) is 1. The number of hydrogen-bond acceptors (Lipinski definition) is 3. The first-order valence-corrected chi connectivity index (χ1v) is 7.62. The first kappa shape index (κ1) is 16.7. The van der Waals surface area contributed by atoms with Crippen molar-refractivity contribution < 1.29 is 13.2 Å². The highest BCUT2D eigenvalue weighted by atomic mass is 32.2. The number of halogens is 3. The van der Waals surface area contributed by atoms with Gasteiger partial charge in [-0.2, -0.15) is 13.2 Å². The minimum atomic E-state index is -4.24. The first-order valence-electron chi connectivity index (χ1n) is 5.82. The highest BCUT2D eigenvalue weighted by Crippen LogP contribution is 2.38. The summed E-state index contributed by atoms with van der Waals surface area (Å²) >= 11 is 1.59. The first-order chi connectivity index (χ1) is 8.61. The Hall–Kier alpha value is -0.330. The second-order valence-electron chi connectivity index (χ2n) is 4.95. The molecule has 1 aromatic rings. The van der Waals surface area contributed by atoms with Gasteiger partial charge in [-0.25, -0.2) is 0 Å². The fraction of sp³-hybridized carbons (Fsp3) is 0.538. The van der Waals surface area contributed by atoms with Crippen LogP contribution in [0, 0.1) is 6.92 Å². The van der Waals surface area contributed by atoms with E-state index in [0.29, 0.717) is 12.3 Å². The standard InChI is InChI=1S/C13H18F3NS2/c1-9-4-10(7-18-12(2,3)8-17)6-11(5-9)19-13(14,15)16/h4-6H,7-8,17H2,1-3H3. The Bertz CT molecular complexity index is 430. The second-order valence-corrected chi connectivity index (χ2v) is 7.78. The molecule has 0 spiro atoms. The zero-order valence-electron chi connectivity index (χ0n) is 11.2. The van der Waals surface area contributed by atoms with Crippen LogP contribution in [0.4, 0.5) is 13.2 Å². The van der Waals surface area contributed by atoms with Crippen molar-refractivity contribution >= 4 is 23.5 Å². The van der Waals surface area contributed by atoms with E-state index in [1.165, 1.54) is 0 Å². The second kappa shape index (κ2) is 6.41. The van der Waals surface area contributed by atoms with Crippen molar-refractivity contribution in [1.82, 2.24) is 0 Å². The van der Waals surface area contributed by atoms with E-state index in [1.54, 1.807) is 23.9 Å². The molecule has 0 aliphatic heterocycles. The third-order valence-electron chi connectivity index (χ3n) is 2.47. The molecule has 0 unspecified atom stereocenters. The van der Waals surface area contributed by atoms with E-state index in [4.69, 9.17) is 5.73 Å². The van der Waals surface area contributed by atoms with Crippen molar-refractivity contribution in [2.45, 2.75) is 41.7 Å². The third kappa shape index (κ3) is 6.58. The van der Waals surface area contributed by atoms with Crippen LogP contribution in [0.1, 0.15) is 25.0 Å². The van der Waals surface area contributed by atoms with E-state index in [-0.39, 0.29) is 21.4 Å². The molecule has 1 nitrogen and oxygen atoms in total. The van der Waals surface area contributed by atoms with Crippen LogP contribution in [0.15, 0.2) is 23.1 Å². The molecule has 0 fully saturated rings. The number of alkyl halides is 3. The molecule has 0 saturated carbocycles. The lowest BCUT2D eigenvalue weighted by atomic mass is 10.2. The fourth-order valence-electron chi connectivity index (χ4n) is 1.44. The summed E-state index contributed by atoms with van der Waals surface area (Å²) in [7, 11) is 0. The van der Waals surface area contributed by atoms with Gasteiger partial charge in [0.2, 0.25) is 0 Å². The summed E-state index contributed by atoms with van der Waals surface area (Å²) in [6.45, 7) is 6.40. The van der Waals surface area contributed by atoms with Gasteiger partial charge < -0.3 is 5.73 Å². The van der Waals surface area contributed by atoms with Gasteiger partial charge in [0.15, 0.2) is 0 Å². The van der Waals surface area contributed by atoms with E-state index < -0.39 is 5.51 Å². The average molecular weight is 309 g/mol. The van der Waals surface area contributed by atoms with Gasteiger partial charge in [0.05, 0.1) is 0 Å². The molecule has 0 amide bonds. The summed E-state index contributed by atoms with van der Waals surface area (Å²) in [5, 5.41) is 0. The van der Waals surface area contributed by atoms with Crippen LogP contribution in [-0.4, -0.2) is 16.8 Å².